The van der Waals surface area contributed by atoms with Crippen molar-refractivity contribution < 1.29 is 4.79 Å². The molecule has 0 radical (unpaired) electrons. The van der Waals surface area contributed by atoms with Crippen LogP contribution in [-0.2, 0) is 4.79 Å². The Morgan fingerprint density at radius 2 is 2.14 bits per heavy atom. The van der Waals surface area contributed by atoms with E-state index in [1.165, 1.54) is 11.8 Å². The van der Waals surface area contributed by atoms with Gasteiger partial charge < -0.3 is 0 Å². The van der Waals surface area contributed by atoms with Crippen molar-refractivity contribution in [2.45, 2.75) is 17.3 Å². The maximum absolute atomic E-state index is 11.9. The summed E-state index contributed by atoms with van der Waals surface area (Å²) in [5, 5.41) is 4.18. The zero-order valence-electron chi connectivity index (χ0n) is 11.2. The Kier molecular flexibility index (Phi) is 5.89. The van der Waals surface area contributed by atoms with Crippen LogP contribution in [0.15, 0.2) is 57.5 Å². The molecule has 1 amide bonds. The molecule has 1 aromatic heterocycles. The summed E-state index contributed by atoms with van der Waals surface area (Å²) < 4.78 is 0.961. The quantitative estimate of drug-likeness (QED) is 0.383. The first-order valence-corrected chi connectivity index (χ1v) is 7.84. The van der Waals surface area contributed by atoms with Gasteiger partial charge in [0.15, 0.2) is 5.16 Å². The van der Waals surface area contributed by atoms with Crippen LogP contribution in [-0.4, -0.2) is 27.3 Å². The number of nitrogens with one attached hydrogen (secondary N) is 1. The Morgan fingerprint density at radius 3 is 2.86 bits per heavy atom. The average Bonchev–Trinajstić information content (AvgIpc) is 2.48. The van der Waals surface area contributed by atoms with Crippen LogP contribution in [0.2, 0.25) is 0 Å². The summed E-state index contributed by atoms with van der Waals surface area (Å²) in [6.07, 6.45) is 4.88. The van der Waals surface area contributed by atoms with Crippen LogP contribution < -0.4 is 5.43 Å². The number of halogens is 1. The number of nitrogens with zero attached hydrogens (tertiary/aromatic N) is 3. The smallest absolute Gasteiger partial charge is 0.253 e. The molecule has 1 aromatic carbocycles. The lowest BCUT2D eigenvalue weighted by Crippen LogP contribution is -2.27. The van der Waals surface area contributed by atoms with Gasteiger partial charge in [-0.15, -0.1) is 0 Å². The second-order valence-electron chi connectivity index (χ2n) is 4.08. The predicted octanol–water partition coefficient (Wildman–Crippen LogP) is 2.87. The molecule has 0 saturated carbocycles. The molecule has 1 N–H and O–H groups in total. The van der Waals surface area contributed by atoms with Crippen molar-refractivity contribution in [2.24, 2.45) is 5.10 Å². The lowest BCUT2D eigenvalue weighted by molar-refractivity contribution is -0.120. The van der Waals surface area contributed by atoms with Gasteiger partial charge in [0.25, 0.3) is 5.91 Å². The Bertz CT molecular complexity index is 636. The maximum atomic E-state index is 11.9. The molecule has 0 spiro atoms. The summed E-state index contributed by atoms with van der Waals surface area (Å²) in [5.41, 5.74) is 3.41. The second-order valence-corrected chi connectivity index (χ2v) is 6.30. The summed E-state index contributed by atoms with van der Waals surface area (Å²) in [6, 6.07) is 9.37. The number of hydrogen-bond acceptors (Lipinski definition) is 5. The molecule has 2 aromatic rings. The van der Waals surface area contributed by atoms with E-state index in [4.69, 9.17) is 0 Å². The SMILES string of the molecule is CC(Sc1ncccn1)C(=O)N/N=C/c1cccc(Br)c1. The number of hydrogen-bond donors (Lipinski definition) is 1. The predicted molar refractivity (Wildman–Crippen MR) is 87.2 cm³/mol. The topological polar surface area (TPSA) is 67.2 Å². The van der Waals surface area contributed by atoms with Crippen LogP contribution in [0.5, 0.6) is 0 Å². The molecular weight excluding hydrogens is 352 g/mol. The van der Waals surface area contributed by atoms with E-state index in [0.717, 1.165) is 10.0 Å². The van der Waals surface area contributed by atoms with Crippen LogP contribution in [0, 0.1) is 0 Å². The van der Waals surface area contributed by atoms with Crippen LogP contribution in [0.4, 0.5) is 0 Å². The standard InChI is InChI=1S/C14H13BrN4OS/c1-10(21-14-16-6-3-7-17-14)13(20)19-18-9-11-4-2-5-12(15)8-11/h2-10H,1H3,(H,19,20)/b18-9+. The van der Waals surface area contributed by atoms with Gasteiger partial charge >= 0.3 is 0 Å². The Balaban J connectivity index is 1.86. The van der Waals surface area contributed by atoms with Gasteiger partial charge in [0.05, 0.1) is 11.5 Å². The molecule has 1 heterocycles. The summed E-state index contributed by atoms with van der Waals surface area (Å²) in [6.45, 7) is 1.78. The van der Waals surface area contributed by atoms with Gasteiger partial charge in [0.2, 0.25) is 0 Å². The number of thioether (sulfide) groups is 1. The molecule has 0 bridgehead atoms. The summed E-state index contributed by atoms with van der Waals surface area (Å²) in [5.74, 6) is -0.196. The van der Waals surface area contributed by atoms with Crippen LogP contribution in [0.3, 0.4) is 0 Å². The number of aromatic nitrogens is 2. The maximum Gasteiger partial charge on any atom is 0.253 e. The third kappa shape index (κ3) is 5.28. The fraction of sp³-hybridized carbons (Fsp3) is 0.143. The summed E-state index contributed by atoms with van der Waals surface area (Å²) >= 11 is 4.66. The van der Waals surface area contributed by atoms with Gasteiger partial charge in [0.1, 0.15) is 0 Å². The molecule has 2 rings (SSSR count). The van der Waals surface area contributed by atoms with Gasteiger partial charge in [-0.05, 0) is 30.7 Å². The molecule has 0 aliphatic heterocycles. The molecule has 21 heavy (non-hydrogen) atoms. The van der Waals surface area contributed by atoms with E-state index < -0.39 is 0 Å². The van der Waals surface area contributed by atoms with Crippen LogP contribution in [0.25, 0.3) is 0 Å². The van der Waals surface area contributed by atoms with Gasteiger partial charge in [-0.1, -0.05) is 39.8 Å². The zero-order chi connectivity index (χ0) is 15.1. The lowest BCUT2D eigenvalue weighted by Gasteiger charge is -2.07. The number of hydrazone groups is 1. The second kappa shape index (κ2) is 7.90. The van der Waals surface area contributed by atoms with Crippen molar-refractivity contribution in [3.05, 3.63) is 52.8 Å². The molecule has 108 valence electrons. The largest absolute Gasteiger partial charge is 0.272 e. The Labute approximate surface area is 135 Å². The number of carbonyl (C=O) groups is 1. The highest BCUT2D eigenvalue weighted by molar-refractivity contribution is 9.10. The molecule has 7 heteroatoms. The van der Waals surface area contributed by atoms with E-state index in [1.807, 2.05) is 24.3 Å². The van der Waals surface area contributed by atoms with Crippen LogP contribution >= 0.6 is 27.7 Å². The van der Waals surface area contributed by atoms with E-state index in [2.05, 4.69) is 36.4 Å². The summed E-state index contributed by atoms with van der Waals surface area (Å²) in [7, 11) is 0. The fourth-order valence-corrected chi connectivity index (χ4v) is 2.54. The van der Waals surface area contributed by atoms with E-state index >= 15 is 0 Å². The van der Waals surface area contributed by atoms with Crippen LogP contribution in [0.1, 0.15) is 12.5 Å². The normalized spacial score (nSPS) is 12.3. The minimum atomic E-state index is -0.327. The Morgan fingerprint density at radius 1 is 1.38 bits per heavy atom. The van der Waals surface area contributed by atoms with E-state index in [0.29, 0.717) is 5.16 Å². The van der Waals surface area contributed by atoms with Crippen molar-refractivity contribution >= 4 is 39.8 Å². The molecule has 1 atom stereocenters. The minimum Gasteiger partial charge on any atom is -0.272 e. The van der Waals surface area contributed by atoms with Crippen molar-refractivity contribution in [3.63, 3.8) is 0 Å². The summed E-state index contributed by atoms with van der Waals surface area (Å²) in [4.78, 5) is 20.0. The molecule has 5 nitrogen and oxygen atoms in total. The average molecular weight is 365 g/mol. The fourth-order valence-electron chi connectivity index (χ4n) is 1.41. The molecule has 0 aliphatic rings. The highest BCUT2D eigenvalue weighted by Gasteiger charge is 2.14. The molecule has 1 unspecified atom stereocenters. The molecule has 0 fully saturated rings. The van der Waals surface area contributed by atoms with Crippen molar-refractivity contribution in [2.75, 3.05) is 0 Å². The zero-order valence-corrected chi connectivity index (χ0v) is 13.6. The highest BCUT2D eigenvalue weighted by atomic mass is 79.9. The third-order valence-corrected chi connectivity index (χ3v) is 3.91. The van der Waals surface area contributed by atoms with Crippen molar-refractivity contribution in [1.29, 1.82) is 0 Å². The molecule has 0 aliphatic carbocycles. The van der Waals surface area contributed by atoms with Gasteiger partial charge in [-0.25, -0.2) is 15.4 Å². The first-order chi connectivity index (χ1) is 10.1. The van der Waals surface area contributed by atoms with Gasteiger partial charge in [-0.2, -0.15) is 5.10 Å². The monoisotopic (exact) mass is 364 g/mol. The number of rotatable bonds is 5. The minimum absolute atomic E-state index is 0.196. The van der Waals surface area contributed by atoms with E-state index in [-0.39, 0.29) is 11.2 Å². The van der Waals surface area contributed by atoms with E-state index in [9.17, 15) is 4.79 Å². The first-order valence-electron chi connectivity index (χ1n) is 6.17. The number of amides is 1. The third-order valence-electron chi connectivity index (χ3n) is 2.43. The number of carbonyl (C=O) groups excluding carboxylic acids is 1. The first kappa shape index (κ1) is 15.7. The Hall–Kier alpha value is -1.73. The van der Waals surface area contributed by atoms with Gasteiger partial charge in [-0.3, -0.25) is 4.79 Å². The van der Waals surface area contributed by atoms with E-state index in [1.54, 1.807) is 31.6 Å². The number of benzene rings is 1. The molecular formula is C14H13BrN4OS. The lowest BCUT2D eigenvalue weighted by atomic mass is 10.2. The molecule has 0 saturated heterocycles. The van der Waals surface area contributed by atoms with Gasteiger partial charge in [0, 0.05) is 16.9 Å². The highest BCUT2D eigenvalue weighted by Crippen LogP contribution is 2.18. The van der Waals surface area contributed by atoms with Crippen molar-refractivity contribution in [1.82, 2.24) is 15.4 Å². The van der Waals surface area contributed by atoms with Crippen molar-refractivity contribution in [3.8, 4) is 0 Å².